The molecule has 0 bridgehead atoms. The third kappa shape index (κ3) is 6.41. The number of H-pyrrole nitrogens is 1. The third-order valence-corrected chi connectivity index (χ3v) is 6.35. The number of nitrogens with one attached hydrogen (secondary N) is 1. The molecule has 2 aliphatic rings. The van der Waals surface area contributed by atoms with E-state index in [2.05, 4.69) is 15.1 Å². The van der Waals surface area contributed by atoms with Crippen LogP contribution < -0.4 is 15.2 Å². The summed E-state index contributed by atoms with van der Waals surface area (Å²) in [6.07, 6.45) is -9.86. The van der Waals surface area contributed by atoms with Crippen LogP contribution in [-0.4, -0.2) is 86.7 Å². The molecule has 0 aliphatic carbocycles. The number of likely N-dealkylation sites (tertiary alicyclic amines) is 1. The summed E-state index contributed by atoms with van der Waals surface area (Å²) in [6.45, 7) is 1.66. The molecule has 11 nitrogen and oxygen atoms in total. The average molecular weight is 566 g/mol. The standard InChI is InChI=1S/C22H24F6N6O5/c1-11(39-16-8-31-32-18(36)17(16)22(26,27)28)10-38-15-3-5-34(19(15)37)13-2-4-33(9-14(13)35)20-29-6-12(7-30-20)21(23,24)25/h6-8,11,13-15,35H,2-5,9-10H2,1H3,(H,32,36)/t11-,13+,14-,15+/m0/s1. The Kier molecular flexibility index (Phi) is 8.02. The molecular weight excluding hydrogens is 542 g/mol. The minimum Gasteiger partial charge on any atom is -0.486 e. The van der Waals surface area contributed by atoms with Gasteiger partial charge in [-0.2, -0.15) is 31.4 Å². The molecule has 17 heteroatoms. The van der Waals surface area contributed by atoms with Gasteiger partial charge in [0.25, 0.3) is 11.5 Å². The normalized spacial score (nSPS) is 23.3. The number of rotatable bonds is 7. The molecular formula is C22H24F6N6O5. The van der Waals surface area contributed by atoms with E-state index in [1.807, 2.05) is 0 Å². The molecule has 0 radical (unpaired) electrons. The predicted molar refractivity (Wildman–Crippen MR) is 120 cm³/mol. The van der Waals surface area contributed by atoms with E-state index in [9.17, 15) is 41.0 Å². The van der Waals surface area contributed by atoms with Crippen LogP contribution in [0.1, 0.15) is 30.9 Å². The van der Waals surface area contributed by atoms with Gasteiger partial charge in [-0.05, 0) is 13.3 Å². The van der Waals surface area contributed by atoms with Crippen LogP contribution in [0, 0.1) is 0 Å². The van der Waals surface area contributed by atoms with Gasteiger partial charge in [-0.1, -0.05) is 0 Å². The number of piperidine rings is 1. The van der Waals surface area contributed by atoms with Crippen LogP contribution in [0.3, 0.4) is 0 Å². The number of nitrogens with zero attached hydrogens (tertiary/aromatic N) is 5. The molecule has 0 aromatic carbocycles. The molecule has 214 valence electrons. The molecule has 0 saturated carbocycles. The molecule has 0 spiro atoms. The lowest BCUT2D eigenvalue weighted by molar-refractivity contribution is -0.143. The molecule has 39 heavy (non-hydrogen) atoms. The molecule has 2 aliphatic heterocycles. The first kappa shape index (κ1) is 28.5. The first-order chi connectivity index (χ1) is 18.3. The van der Waals surface area contributed by atoms with Crippen LogP contribution >= 0.6 is 0 Å². The molecule has 2 fully saturated rings. The number of aromatic nitrogens is 4. The number of alkyl halides is 6. The van der Waals surface area contributed by atoms with Crippen molar-refractivity contribution in [2.24, 2.45) is 0 Å². The topological polar surface area (TPSA) is 134 Å². The SMILES string of the molecule is C[C@@H](CO[C@@H]1CCN([C@@H]2CCN(c3ncc(C(F)(F)F)cn3)C[C@@H]2O)C1=O)Oc1cn[nH]c(=O)c1C(F)(F)F. The van der Waals surface area contributed by atoms with E-state index >= 15 is 0 Å². The lowest BCUT2D eigenvalue weighted by Gasteiger charge is -2.40. The summed E-state index contributed by atoms with van der Waals surface area (Å²) in [5.41, 5.74) is -3.98. The number of halogens is 6. The summed E-state index contributed by atoms with van der Waals surface area (Å²) in [7, 11) is 0. The van der Waals surface area contributed by atoms with E-state index in [1.165, 1.54) is 16.7 Å². The van der Waals surface area contributed by atoms with Crippen LogP contribution in [0.15, 0.2) is 23.4 Å². The smallest absolute Gasteiger partial charge is 0.425 e. The second kappa shape index (κ2) is 11.0. The van der Waals surface area contributed by atoms with Crippen molar-refractivity contribution in [2.75, 3.05) is 31.1 Å². The van der Waals surface area contributed by atoms with Crippen molar-refractivity contribution < 1.29 is 45.7 Å². The number of hydrogen-bond acceptors (Lipinski definition) is 9. The quantitative estimate of drug-likeness (QED) is 0.480. The third-order valence-electron chi connectivity index (χ3n) is 6.35. The fourth-order valence-corrected chi connectivity index (χ4v) is 4.50. The zero-order chi connectivity index (χ0) is 28.5. The number of β-amino-alcohol motifs (C(OH)–C–C–N with tert-alkyl or cyclic N) is 1. The van der Waals surface area contributed by atoms with Gasteiger partial charge in [-0.3, -0.25) is 9.59 Å². The minimum absolute atomic E-state index is 0.0119. The van der Waals surface area contributed by atoms with E-state index in [0.717, 1.165) is 6.20 Å². The van der Waals surface area contributed by atoms with Crippen molar-refractivity contribution in [1.82, 2.24) is 25.1 Å². The van der Waals surface area contributed by atoms with E-state index in [0.29, 0.717) is 18.8 Å². The Morgan fingerprint density at radius 2 is 1.77 bits per heavy atom. The van der Waals surface area contributed by atoms with Crippen molar-refractivity contribution in [3.8, 4) is 5.75 Å². The number of anilines is 1. The highest BCUT2D eigenvalue weighted by Gasteiger charge is 2.42. The molecule has 2 aromatic rings. The molecule has 4 atom stereocenters. The number of aromatic amines is 1. The van der Waals surface area contributed by atoms with Crippen LogP contribution in [-0.2, 0) is 21.9 Å². The van der Waals surface area contributed by atoms with Gasteiger partial charge >= 0.3 is 12.4 Å². The van der Waals surface area contributed by atoms with Crippen LogP contribution in [0.5, 0.6) is 5.75 Å². The van der Waals surface area contributed by atoms with Crippen molar-refractivity contribution in [3.63, 3.8) is 0 Å². The minimum atomic E-state index is -4.97. The van der Waals surface area contributed by atoms with Crippen molar-refractivity contribution in [2.45, 2.75) is 56.5 Å². The first-order valence-electron chi connectivity index (χ1n) is 11.8. The van der Waals surface area contributed by atoms with E-state index < -0.39 is 65.0 Å². The molecule has 0 unspecified atom stereocenters. The Morgan fingerprint density at radius 1 is 1.08 bits per heavy atom. The lowest BCUT2D eigenvalue weighted by atomic mass is 10.0. The van der Waals surface area contributed by atoms with Gasteiger partial charge in [-0.15, -0.1) is 0 Å². The van der Waals surface area contributed by atoms with Crippen molar-refractivity contribution >= 4 is 11.9 Å². The maximum Gasteiger partial charge on any atom is 0.425 e. The van der Waals surface area contributed by atoms with E-state index in [1.54, 1.807) is 5.10 Å². The number of aliphatic hydroxyl groups is 1. The number of carbonyl (C=O) groups is 1. The van der Waals surface area contributed by atoms with Crippen molar-refractivity contribution in [3.05, 3.63) is 40.1 Å². The summed E-state index contributed by atoms with van der Waals surface area (Å²) >= 11 is 0. The predicted octanol–water partition coefficient (Wildman–Crippen LogP) is 1.62. The van der Waals surface area contributed by atoms with Gasteiger partial charge in [0.05, 0.1) is 30.5 Å². The highest BCUT2D eigenvalue weighted by atomic mass is 19.4. The van der Waals surface area contributed by atoms with Crippen LogP contribution in [0.25, 0.3) is 0 Å². The van der Waals surface area contributed by atoms with Crippen LogP contribution in [0.4, 0.5) is 32.3 Å². The summed E-state index contributed by atoms with van der Waals surface area (Å²) in [4.78, 5) is 34.9. The first-order valence-corrected chi connectivity index (χ1v) is 11.8. The molecule has 2 aromatic heterocycles. The molecule has 1 amide bonds. The number of amides is 1. The Balaban J connectivity index is 1.30. The number of carbonyl (C=O) groups excluding carboxylic acids is 1. The summed E-state index contributed by atoms with van der Waals surface area (Å²) in [5.74, 6) is -1.17. The largest absolute Gasteiger partial charge is 0.486 e. The number of ether oxygens (including phenoxy) is 2. The highest BCUT2D eigenvalue weighted by molar-refractivity contribution is 5.83. The summed E-state index contributed by atoms with van der Waals surface area (Å²) < 4.78 is 88.6. The fraction of sp³-hybridized carbons (Fsp3) is 0.591. The Hall–Kier alpha value is -3.47. The molecule has 2 N–H and O–H groups in total. The lowest BCUT2D eigenvalue weighted by Crippen LogP contribution is -2.55. The maximum absolute atomic E-state index is 13.2. The maximum atomic E-state index is 13.2. The molecule has 4 rings (SSSR count). The monoisotopic (exact) mass is 566 g/mol. The van der Waals surface area contributed by atoms with E-state index in [-0.39, 0.29) is 38.6 Å². The second-order valence-corrected chi connectivity index (χ2v) is 9.15. The Bertz CT molecular complexity index is 1220. The number of aliphatic hydroxyl groups excluding tert-OH is 1. The Morgan fingerprint density at radius 3 is 2.38 bits per heavy atom. The van der Waals surface area contributed by atoms with Gasteiger partial charge < -0.3 is 24.4 Å². The van der Waals surface area contributed by atoms with Gasteiger partial charge in [0.2, 0.25) is 5.95 Å². The fourth-order valence-electron chi connectivity index (χ4n) is 4.50. The van der Waals surface area contributed by atoms with Crippen molar-refractivity contribution in [1.29, 1.82) is 0 Å². The second-order valence-electron chi connectivity index (χ2n) is 9.15. The van der Waals surface area contributed by atoms with Gasteiger partial charge in [-0.25, -0.2) is 15.1 Å². The number of hydrogen-bond donors (Lipinski definition) is 2. The van der Waals surface area contributed by atoms with Crippen LogP contribution in [0.2, 0.25) is 0 Å². The van der Waals surface area contributed by atoms with Gasteiger partial charge in [0.15, 0.2) is 11.3 Å². The summed E-state index contributed by atoms with van der Waals surface area (Å²) in [6, 6.07) is -0.582. The van der Waals surface area contributed by atoms with Gasteiger partial charge in [0.1, 0.15) is 12.2 Å². The zero-order valence-electron chi connectivity index (χ0n) is 20.4. The van der Waals surface area contributed by atoms with E-state index in [4.69, 9.17) is 9.47 Å². The average Bonchev–Trinajstić information content (AvgIpc) is 3.21. The molecule has 4 heterocycles. The summed E-state index contributed by atoms with van der Waals surface area (Å²) in [5, 5.41) is 15.7. The molecule has 2 saturated heterocycles. The highest BCUT2D eigenvalue weighted by Crippen LogP contribution is 2.33. The Labute approximate surface area is 216 Å². The zero-order valence-corrected chi connectivity index (χ0v) is 20.4. The van der Waals surface area contributed by atoms with Gasteiger partial charge in [0, 0.05) is 38.4 Å².